The molecule has 0 amide bonds. The second-order valence-corrected chi connectivity index (χ2v) is 7.75. The van der Waals surface area contributed by atoms with Crippen LogP contribution in [0.2, 0.25) is 0 Å². The van der Waals surface area contributed by atoms with Crippen molar-refractivity contribution in [2.45, 2.75) is 38.2 Å². The minimum absolute atomic E-state index is 0.00701. The Balaban J connectivity index is 1.93. The van der Waals surface area contributed by atoms with Crippen LogP contribution in [0.25, 0.3) is 11.3 Å². The molecule has 1 unspecified atom stereocenters. The highest BCUT2D eigenvalue weighted by Gasteiger charge is 2.50. The van der Waals surface area contributed by atoms with Gasteiger partial charge >= 0.3 is 0 Å². The summed E-state index contributed by atoms with van der Waals surface area (Å²) in [6.07, 6.45) is 2.93. The van der Waals surface area contributed by atoms with Gasteiger partial charge in [-0.3, -0.25) is 4.68 Å². The van der Waals surface area contributed by atoms with Crippen molar-refractivity contribution in [1.82, 2.24) is 9.78 Å². The molecule has 0 saturated carbocycles. The number of hydrogen-bond acceptors (Lipinski definition) is 3. The lowest BCUT2D eigenvalue weighted by molar-refractivity contribution is 0.0671. The molecule has 2 aliphatic rings. The molecule has 5 heteroatoms. The summed E-state index contributed by atoms with van der Waals surface area (Å²) in [4.78, 5) is 0. The van der Waals surface area contributed by atoms with Gasteiger partial charge in [-0.15, -0.1) is 0 Å². The molecular weight excluding hydrogens is 329 g/mol. The van der Waals surface area contributed by atoms with Crippen LogP contribution >= 0.6 is 0 Å². The number of benzene rings is 1. The fourth-order valence-corrected chi connectivity index (χ4v) is 5.00. The zero-order valence-electron chi connectivity index (χ0n) is 15.2. The summed E-state index contributed by atoms with van der Waals surface area (Å²) in [5.74, 6) is -0.0526. The molecule has 2 aromatic rings. The summed E-state index contributed by atoms with van der Waals surface area (Å²) < 4.78 is 15.6. The van der Waals surface area contributed by atoms with Crippen LogP contribution < -0.4 is 0 Å². The number of rotatable bonds is 1. The number of nitriles is 1. The number of aliphatic hydroxyl groups is 1. The number of fused-ring (bicyclic) bond motifs is 3. The molecule has 0 spiro atoms. The number of aliphatic hydroxyl groups excluding tert-OH is 1. The fourth-order valence-electron chi connectivity index (χ4n) is 5.00. The van der Waals surface area contributed by atoms with Gasteiger partial charge in [0, 0.05) is 23.6 Å². The second kappa shape index (κ2) is 5.78. The Kier molecular flexibility index (Phi) is 3.78. The highest BCUT2D eigenvalue weighted by atomic mass is 19.1. The van der Waals surface area contributed by atoms with Gasteiger partial charge in [0.05, 0.1) is 29.1 Å². The van der Waals surface area contributed by atoms with Crippen molar-refractivity contribution >= 4 is 0 Å². The number of allylic oxidation sites excluding steroid dienone is 1. The average Bonchev–Trinajstić information content (AvgIpc) is 2.95. The zero-order chi connectivity index (χ0) is 18.6. The number of hydrogen-bond donors (Lipinski definition) is 1. The first-order valence-electron chi connectivity index (χ1n) is 9.00. The lowest BCUT2D eigenvalue weighted by atomic mass is 9.57. The van der Waals surface area contributed by atoms with Gasteiger partial charge < -0.3 is 5.11 Å². The van der Waals surface area contributed by atoms with Gasteiger partial charge in [0.1, 0.15) is 5.82 Å². The summed E-state index contributed by atoms with van der Waals surface area (Å²) in [5.41, 5.74) is 3.83. The summed E-state index contributed by atoms with van der Waals surface area (Å²) >= 11 is 0. The van der Waals surface area contributed by atoms with Gasteiger partial charge in [0.15, 0.2) is 0 Å². The Morgan fingerprint density at radius 3 is 2.88 bits per heavy atom. The first-order valence-corrected chi connectivity index (χ1v) is 9.00. The Bertz CT molecular complexity index is 955. The van der Waals surface area contributed by atoms with Gasteiger partial charge in [0.25, 0.3) is 0 Å². The summed E-state index contributed by atoms with van der Waals surface area (Å²) in [7, 11) is 1.88. The maximum atomic E-state index is 13.8. The average molecular weight is 351 g/mol. The van der Waals surface area contributed by atoms with E-state index in [2.05, 4.69) is 13.0 Å². The van der Waals surface area contributed by atoms with Gasteiger partial charge in [-0.1, -0.05) is 32.1 Å². The Morgan fingerprint density at radius 2 is 2.19 bits per heavy atom. The third-order valence-electron chi connectivity index (χ3n) is 6.26. The zero-order valence-corrected chi connectivity index (χ0v) is 15.2. The van der Waals surface area contributed by atoms with Gasteiger partial charge in [-0.05, 0) is 36.8 Å². The Hall–Kier alpha value is -2.45. The van der Waals surface area contributed by atoms with Crippen molar-refractivity contribution in [2.24, 2.45) is 18.9 Å². The molecule has 2 aliphatic carbocycles. The quantitative estimate of drug-likeness (QED) is 0.855. The molecule has 4 rings (SSSR count). The van der Waals surface area contributed by atoms with E-state index in [1.165, 1.54) is 12.1 Å². The molecule has 1 aromatic heterocycles. The normalized spacial score (nSPS) is 30.2. The van der Waals surface area contributed by atoms with E-state index >= 15 is 0 Å². The molecule has 4 nitrogen and oxygen atoms in total. The molecular formula is C21H22FN3O. The van der Waals surface area contributed by atoms with Crippen molar-refractivity contribution in [3.63, 3.8) is 0 Å². The molecule has 0 radical (unpaired) electrons. The number of aryl methyl sites for hydroxylation is 1. The van der Waals surface area contributed by atoms with E-state index in [4.69, 9.17) is 5.10 Å². The first-order chi connectivity index (χ1) is 12.4. The van der Waals surface area contributed by atoms with Gasteiger partial charge in [0.2, 0.25) is 0 Å². The topological polar surface area (TPSA) is 61.8 Å². The van der Waals surface area contributed by atoms with Crippen molar-refractivity contribution in [3.05, 3.63) is 53.0 Å². The predicted molar refractivity (Wildman–Crippen MR) is 96.6 cm³/mol. The predicted octanol–water partition coefficient (Wildman–Crippen LogP) is 3.51. The van der Waals surface area contributed by atoms with E-state index in [-0.39, 0.29) is 17.7 Å². The first kappa shape index (κ1) is 17.0. The van der Waals surface area contributed by atoms with E-state index in [9.17, 15) is 14.8 Å². The molecule has 134 valence electrons. The maximum Gasteiger partial charge on any atom is 0.123 e. The van der Waals surface area contributed by atoms with Crippen molar-refractivity contribution in [1.29, 1.82) is 5.26 Å². The monoisotopic (exact) mass is 351 g/mol. The minimum Gasteiger partial charge on any atom is -0.387 e. The lowest BCUT2D eigenvalue weighted by Crippen LogP contribution is -2.47. The van der Waals surface area contributed by atoms with Crippen LogP contribution in [-0.2, 0) is 18.9 Å². The Labute approximate surface area is 152 Å². The molecule has 0 aliphatic heterocycles. The summed E-state index contributed by atoms with van der Waals surface area (Å²) in [6.45, 7) is 4.12. The van der Waals surface area contributed by atoms with E-state index in [1.807, 2.05) is 30.8 Å². The molecule has 1 N–H and O–H groups in total. The smallest absolute Gasteiger partial charge is 0.123 e. The maximum absolute atomic E-state index is 13.8. The molecule has 26 heavy (non-hydrogen) atoms. The highest BCUT2D eigenvalue weighted by molar-refractivity contribution is 5.66. The third kappa shape index (κ3) is 2.25. The van der Waals surface area contributed by atoms with E-state index in [0.29, 0.717) is 5.57 Å². The van der Waals surface area contributed by atoms with Crippen LogP contribution in [0.4, 0.5) is 4.39 Å². The fraction of sp³-hybridized carbons (Fsp3) is 0.429. The van der Waals surface area contributed by atoms with Gasteiger partial charge in [-0.25, -0.2) is 4.39 Å². The molecule has 1 aromatic carbocycles. The number of aromatic nitrogens is 2. The van der Waals surface area contributed by atoms with Crippen LogP contribution in [0.3, 0.4) is 0 Å². The number of nitrogens with zero attached hydrogens (tertiary/aromatic N) is 3. The molecule has 0 fully saturated rings. The summed E-state index contributed by atoms with van der Waals surface area (Å²) in [6, 6.07) is 8.75. The largest absolute Gasteiger partial charge is 0.387 e. The molecule has 4 atom stereocenters. The third-order valence-corrected chi connectivity index (χ3v) is 6.26. The highest BCUT2D eigenvalue weighted by Crippen LogP contribution is 2.51. The van der Waals surface area contributed by atoms with Crippen molar-refractivity contribution < 1.29 is 9.50 Å². The summed E-state index contributed by atoms with van der Waals surface area (Å²) in [5, 5.41) is 24.7. The number of halogens is 1. The van der Waals surface area contributed by atoms with Crippen LogP contribution in [0.15, 0.2) is 35.9 Å². The Morgan fingerprint density at radius 1 is 1.42 bits per heavy atom. The van der Waals surface area contributed by atoms with Crippen molar-refractivity contribution in [2.75, 3.05) is 0 Å². The minimum atomic E-state index is -0.717. The van der Waals surface area contributed by atoms with Crippen LogP contribution in [0.1, 0.15) is 31.5 Å². The second-order valence-electron chi connectivity index (χ2n) is 7.75. The standard InChI is InChI=1S/C21H22FN3O/c1-12-17-8-7-16-18(13-5-4-6-15(22)9-13)25(3)24-20(16)21(17,2)10-14(11-23)19(12)26/h4-6,9-10,12,17,19,26H,7-8H2,1-3H3/t12-,17-,19?,21-/m0/s1. The van der Waals surface area contributed by atoms with E-state index < -0.39 is 11.5 Å². The van der Waals surface area contributed by atoms with Crippen LogP contribution in [0.5, 0.6) is 0 Å². The lowest BCUT2D eigenvalue weighted by Gasteiger charge is -2.46. The van der Waals surface area contributed by atoms with Crippen LogP contribution in [-0.4, -0.2) is 21.0 Å². The molecule has 0 saturated heterocycles. The SMILES string of the molecule is C[C@@H]1C(O)C(C#N)=C[C@]2(C)c3nn(C)c(-c4cccc(F)c4)c3CC[C@@H]12. The van der Waals surface area contributed by atoms with E-state index in [1.54, 1.807) is 6.07 Å². The molecule has 0 bridgehead atoms. The van der Waals surface area contributed by atoms with Gasteiger partial charge in [-0.2, -0.15) is 10.4 Å². The van der Waals surface area contributed by atoms with Crippen molar-refractivity contribution in [3.8, 4) is 17.3 Å². The molecule has 1 heterocycles. The van der Waals surface area contributed by atoms with E-state index in [0.717, 1.165) is 35.4 Å². The van der Waals surface area contributed by atoms with Crippen LogP contribution in [0, 0.1) is 29.0 Å².